The van der Waals surface area contributed by atoms with Gasteiger partial charge in [-0.1, -0.05) is 24.3 Å². The summed E-state index contributed by atoms with van der Waals surface area (Å²) in [6.45, 7) is 18.5. The molecule has 0 bridgehead atoms. The van der Waals surface area contributed by atoms with Crippen LogP contribution in [0.25, 0.3) is 0 Å². The van der Waals surface area contributed by atoms with Crippen LogP contribution in [-0.4, -0.2) is 101 Å². The standard InChI is InChI=1S/C16H36N4.2C12H10O4S.2CH4O/c1-13-11-15(3,4)19-10-8-18-14(2)12-16(5,6)20-9-7-17-13;2*13-9-1-5-11(6-2-9)17(15,16)12-7-3-10(14)4-8-12;2*1-2/h13-14,17-20H,7-12H2,1-6H3;2*1-8,13-14H;2*2H,1H3/t13-,14+;;;;. The van der Waals surface area contributed by atoms with Gasteiger partial charge in [-0.15, -0.1) is 11.5 Å². The SMILES string of the molecule is CO.CO.C[C@@H]1CC(C)(C)NCC[NH2+][C@@H](C)CC(C)(C)NCC[NH2+]1.O=S(=O)(c1ccc([O-])cc1)c1ccc(O)cc1.O=S(=O)(c1ccc([O-])cc1)c1ccc(O)cc1. The Morgan fingerprint density at radius 1 is 0.517 bits per heavy atom. The number of hydrogen-bond acceptors (Lipinski definition) is 12. The van der Waals surface area contributed by atoms with Crippen molar-refractivity contribution in [3.63, 3.8) is 0 Å². The van der Waals surface area contributed by atoms with E-state index in [4.69, 9.17) is 20.4 Å². The molecule has 1 aliphatic heterocycles. The molecule has 4 aromatic carbocycles. The number of nitrogens with two attached hydrogens (primary N) is 2. The predicted molar refractivity (Wildman–Crippen MR) is 221 cm³/mol. The van der Waals surface area contributed by atoms with Gasteiger partial charge in [0.25, 0.3) is 0 Å². The molecule has 5 rings (SSSR count). The number of hydrogen-bond donors (Lipinski definition) is 8. The summed E-state index contributed by atoms with van der Waals surface area (Å²) in [4.78, 5) is 0.272. The van der Waals surface area contributed by atoms with E-state index in [-0.39, 0.29) is 53.7 Å². The minimum Gasteiger partial charge on any atom is -0.872 e. The molecule has 324 valence electrons. The highest BCUT2D eigenvalue weighted by atomic mass is 32.2. The Balaban J connectivity index is 0.000000418. The van der Waals surface area contributed by atoms with Crippen LogP contribution in [-0.2, 0) is 19.7 Å². The molecule has 4 aromatic rings. The third kappa shape index (κ3) is 18.1. The van der Waals surface area contributed by atoms with E-state index in [0.29, 0.717) is 12.1 Å². The molecular weight excluding hydrogens is 785 g/mol. The highest BCUT2D eigenvalue weighted by Gasteiger charge is 2.25. The molecule has 58 heavy (non-hydrogen) atoms. The molecule has 0 unspecified atom stereocenters. The van der Waals surface area contributed by atoms with Crippen molar-refractivity contribution in [3.05, 3.63) is 97.1 Å². The Morgan fingerprint density at radius 3 is 1.02 bits per heavy atom. The number of aliphatic hydroxyl groups is 2. The predicted octanol–water partition coefficient (Wildman–Crippen LogP) is 1.23. The van der Waals surface area contributed by atoms with E-state index < -0.39 is 19.7 Å². The second-order valence-corrected chi connectivity index (χ2v) is 18.9. The number of nitrogens with one attached hydrogen (secondary N) is 2. The molecule has 1 fully saturated rings. The van der Waals surface area contributed by atoms with Crippen molar-refractivity contribution in [1.82, 2.24) is 10.6 Å². The third-order valence-corrected chi connectivity index (χ3v) is 12.4. The normalized spacial score (nSPS) is 18.3. The van der Waals surface area contributed by atoms with Crippen molar-refractivity contribution in [1.29, 1.82) is 0 Å². The first-order valence-electron chi connectivity index (χ1n) is 18.9. The Labute approximate surface area is 344 Å². The van der Waals surface area contributed by atoms with Gasteiger partial charge in [-0.3, -0.25) is 0 Å². The second kappa shape index (κ2) is 24.6. The highest BCUT2D eigenvalue weighted by molar-refractivity contribution is 7.91. The molecule has 1 heterocycles. The number of aliphatic hydroxyl groups excluding tert-OH is 2. The lowest BCUT2D eigenvalue weighted by Crippen LogP contribution is -2.92. The van der Waals surface area contributed by atoms with Crippen LogP contribution in [0.4, 0.5) is 0 Å². The third-order valence-electron chi connectivity index (χ3n) is 8.86. The van der Waals surface area contributed by atoms with Crippen LogP contribution in [0.15, 0.2) is 117 Å². The minimum atomic E-state index is -3.62. The fourth-order valence-electron chi connectivity index (χ4n) is 6.24. The zero-order chi connectivity index (χ0) is 44.2. The molecule has 0 spiro atoms. The van der Waals surface area contributed by atoms with Gasteiger partial charge in [-0.25, -0.2) is 16.8 Å². The molecule has 1 saturated heterocycles. The van der Waals surface area contributed by atoms with E-state index in [1.807, 2.05) is 0 Å². The summed E-state index contributed by atoms with van der Waals surface area (Å²) in [7, 11) is -5.24. The fraction of sp³-hybridized carbons (Fsp3) is 0.429. The number of benzene rings is 4. The molecule has 1 aliphatic rings. The number of rotatable bonds is 4. The summed E-state index contributed by atoms with van der Waals surface area (Å²) in [5.74, 6) is -0.484. The van der Waals surface area contributed by atoms with Gasteiger partial charge in [0.15, 0.2) is 0 Å². The van der Waals surface area contributed by atoms with Crippen LogP contribution in [0.5, 0.6) is 23.0 Å². The zero-order valence-electron chi connectivity index (χ0n) is 34.8. The molecule has 16 heteroatoms. The van der Waals surface area contributed by atoms with Crippen LogP contribution in [0.1, 0.15) is 54.4 Å². The van der Waals surface area contributed by atoms with Gasteiger partial charge in [-0.2, -0.15) is 0 Å². The second-order valence-electron chi connectivity index (χ2n) is 15.0. The molecule has 0 aromatic heterocycles. The summed E-state index contributed by atoms with van der Waals surface area (Å²) >= 11 is 0. The van der Waals surface area contributed by atoms with Gasteiger partial charge >= 0.3 is 0 Å². The lowest BCUT2D eigenvalue weighted by Gasteiger charge is -2.31. The Hall–Kier alpha value is -4.26. The molecule has 0 amide bonds. The molecule has 0 aliphatic carbocycles. The van der Waals surface area contributed by atoms with E-state index in [0.717, 1.165) is 27.3 Å². The first kappa shape index (κ1) is 51.8. The van der Waals surface area contributed by atoms with Crippen LogP contribution < -0.4 is 31.5 Å². The summed E-state index contributed by atoms with van der Waals surface area (Å²) in [6, 6.07) is 21.7. The Morgan fingerprint density at radius 2 is 0.759 bits per heavy atom. The average Bonchev–Trinajstić information content (AvgIpc) is 3.17. The van der Waals surface area contributed by atoms with Crippen molar-refractivity contribution in [3.8, 4) is 23.0 Å². The zero-order valence-corrected chi connectivity index (χ0v) is 36.5. The van der Waals surface area contributed by atoms with E-state index in [1.165, 1.54) is 123 Å². The maximum atomic E-state index is 12.1. The number of phenolic OH excluding ortho intramolecular Hbond substituents is 2. The topological polar surface area (TPSA) is 253 Å². The lowest BCUT2D eigenvalue weighted by atomic mass is 9.94. The molecule has 0 radical (unpaired) electrons. The van der Waals surface area contributed by atoms with Gasteiger partial charge in [0, 0.05) is 51.2 Å². The Kier molecular flexibility index (Phi) is 22.0. The number of aromatic hydroxyl groups is 2. The van der Waals surface area contributed by atoms with E-state index in [1.54, 1.807) is 0 Å². The minimum absolute atomic E-state index is 0.00106. The molecule has 14 nitrogen and oxygen atoms in total. The quantitative estimate of drug-likeness (QED) is 0.145. The van der Waals surface area contributed by atoms with Gasteiger partial charge in [0.05, 0.1) is 44.8 Å². The number of sulfone groups is 2. The van der Waals surface area contributed by atoms with Gasteiger partial charge in [-0.05, 0) is 114 Å². The van der Waals surface area contributed by atoms with Crippen LogP contribution in [0, 0.1) is 0 Å². The van der Waals surface area contributed by atoms with E-state index >= 15 is 0 Å². The van der Waals surface area contributed by atoms with Crippen LogP contribution in [0.2, 0.25) is 0 Å². The molecule has 10 N–H and O–H groups in total. The molecular formula is C42H64N4O10S2. The van der Waals surface area contributed by atoms with Crippen molar-refractivity contribution < 1.29 is 58.1 Å². The van der Waals surface area contributed by atoms with Crippen molar-refractivity contribution >= 4 is 19.7 Å². The highest BCUT2D eigenvalue weighted by Crippen LogP contribution is 2.25. The first-order valence-corrected chi connectivity index (χ1v) is 21.9. The summed E-state index contributed by atoms with van der Waals surface area (Å²) in [5.41, 5.74) is 0.480. The molecule has 0 saturated carbocycles. The van der Waals surface area contributed by atoms with E-state index in [2.05, 4.69) is 62.8 Å². The van der Waals surface area contributed by atoms with Crippen molar-refractivity contribution in [2.24, 2.45) is 0 Å². The van der Waals surface area contributed by atoms with Crippen molar-refractivity contribution in [2.75, 3.05) is 40.4 Å². The lowest BCUT2D eigenvalue weighted by molar-refractivity contribution is -0.689. The van der Waals surface area contributed by atoms with Gasteiger partial charge in [0.1, 0.15) is 11.5 Å². The van der Waals surface area contributed by atoms with Gasteiger partial charge < -0.3 is 51.9 Å². The van der Waals surface area contributed by atoms with Crippen LogP contribution >= 0.6 is 0 Å². The number of phenols is 2. The maximum Gasteiger partial charge on any atom is 0.206 e. The molecule has 2 atom stereocenters. The fourth-order valence-corrected chi connectivity index (χ4v) is 8.76. The first-order chi connectivity index (χ1) is 27.2. The summed E-state index contributed by atoms with van der Waals surface area (Å²) < 4.78 is 48.3. The van der Waals surface area contributed by atoms with Crippen LogP contribution in [0.3, 0.4) is 0 Å². The maximum absolute atomic E-state index is 12.1. The van der Waals surface area contributed by atoms with Crippen molar-refractivity contribution in [2.45, 2.75) is 97.1 Å². The number of quaternary nitrogens is 2. The van der Waals surface area contributed by atoms with Gasteiger partial charge in [0.2, 0.25) is 19.7 Å². The smallest absolute Gasteiger partial charge is 0.206 e. The Bertz CT molecular complexity index is 1710. The van der Waals surface area contributed by atoms with E-state index in [9.17, 15) is 27.0 Å². The summed E-state index contributed by atoms with van der Waals surface area (Å²) in [5, 5.41) is 66.4. The largest absolute Gasteiger partial charge is 0.872 e. The summed E-state index contributed by atoms with van der Waals surface area (Å²) in [6.07, 6.45) is 2.43. The average molecular weight is 849 g/mol. The monoisotopic (exact) mass is 848 g/mol.